The molecule has 12 heteroatoms. The molecule has 0 unspecified atom stereocenters. The number of carboxylic acid groups (broad SMARTS) is 1. The van der Waals surface area contributed by atoms with E-state index in [1.165, 1.54) is 38.2 Å². The Labute approximate surface area is 237 Å². The number of amides is 2. The van der Waals surface area contributed by atoms with Crippen molar-refractivity contribution in [3.63, 3.8) is 0 Å². The molecule has 41 heavy (non-hydrogen) atoms. The molecule has 4 aromatic rings. The summed E-state index contributed by atoms with van der Waals surface area (Å²) in [6.45, 7) is -0.130. The van der Waals surface area contributed by atoms with Crippen LogP contribution < -0.4 is 18.9 Å². The Kier molecular flexibility index (Phi) is 8.83. The molecule has 0 aliphatic carbocycles. The Morgan fingerprint density at radius 3 is 1.80 bits per heavy atom. The van der Waals surface area contributed by atoms with Crippen molar-refractivity contribution in [3.05, 3.63) is 102 Å². The molecule has 1 heterocycles. The van der Waals surface area contributed by atoms with Crippen molar-refractivity contribution in [1.82, 2.24) is 14.2 Å². The lowest BCUT2D eigenvalue weighted by Gasteiger charge is -2.17. The van der Waals surface area contributed by atoms with Crippen LogP contribution in [0.4, 0.5) is 4.79 Å². The summed E-state index contributed by atoms with van der Waals surface area (Å²) in [6, 6.07) is 24.3. The van der Waals surface area contributed by atoms with E-state index < -0.39 is 27.0 Å². The molecular formula is C29H29N3O8S. The highest BCUT2D eigenvalue weighted by molar-refractivity contribution is 7.90. The summed E-state index contributed by atoms with van der Waals surface area (Å²) >= 11 is 0. The number of rotatable bonds is 11. The smallest absolute Gasteiger partial charge is 0.418 e. The van der Waals surface area contributed by atoms with Crippen LogP contribution in [0.25, 0.3) is 5.69 Å². The van der Waals surface area contributed by atoms with E-state index in [0.29, 0.717) is 11.3 Å². The minimum Gasteiger partial charge on any atom is -0.497 e. The van der Waals surface area contributed by atoms with Crippen molar-refractivity contribution < 1.29 is 37.3 Å². The van der Waals surface area contributed by atoms with Gasteiger partial charge in [0.15, 0.2) is 11.4 Å². The Bertz CT molecular complexity index is 1620. The van der Waals surface area contributed by atoms with Crippen LogP contribution in [0.3, 0.4) is 0 Å². The molecule has 4 rings (SSSR count). The largest absolute Gasteiger partial charge is 0.497 e. The number of carbonyl (C=O) groups excluding carboxylic acids is 1. The maximum Gasteiger partial charge on any atom is 0.418 e. The minimum atomic E-state index is -4.83. The molecule has 0 bridgehead atoms. The van der Waals surface area contributed by atoms with Gasteiger partial charge in [-0.15, -0.1) is 0 Å². The van der Waals surface area contributed by atoms with Gasteiger partial charge in [-0.2, -0.15) is 8.42 Å². The van der Waals surface area contributed by atoms with Crippen LogP contribution in [0.1, 0.15) is 21.6 Å². The SMILES string of the molecule is COc1ccc(-n2c(C(=O)N(C)C)c(OCc3ccccc3)c(OCc3ccccc3)c2S(=O)(=O)NC(=O)O)cc1. The Hall–Kier alpha value is -4.97. The van der Waals surface area contributed by atoms with Gasteiger partial charge in [0.05, 0.1) is 7.11 Å². The maximum atomic E-state index is 13.7. The number of hydrogen-bond acceptors (Lipinski definition) is 7. The van der Waals surface area contributed by atoms with E-state index in [1.54, 1.807) is 41.1 Å². The molecule has 214 valence electrons. The van der Waals surface area contributed by atoms with Crippen LogP contribution >= 0.6 is 0 Å². The van der Waals surface area contributed by atoms with E-state index >= 15 is 0 Å². The van der Waals surface area contributed by atoms with E-state index in [9.17, 15) is 23.1 Å². The molecule has 0 saturated carbocycles. The molecular weight excluding hydrogens is 550 g/mol. The normalized spacial score (nSPS) is 11.0. The van der Waals surface area contributed by atoms with Gasteiger partial charge in [0.25, 0.3) is 15.9 Å². The van der Waals surface area contributed by atoms with Crippen molar-refractivity contribution in [3.8, 4) is 22.9 Å². The van der Waals surface area contributed by atoms with Gasteiger partial charge in [0.1, 0.15) is 19.0 Å². The second-order valence-corrected chi connectivity index (χ2v) is 10.6. The predicted molar refractivity (Wildman–Crippen MR) is 150 cm³/mol. The minimum absolute atomic E-state index is 0.0330. The van der Waals surface area contributed by atoms with E-state index in [2.05, 4.69) is 0 Å². The van der Waals surface area contributed by atoms with Crippen molar-refractivity contribution in [2.75, 3.05) is 21.2 Å². The van der Waals surface area contributed by atoms with Crippen LogP contribution in [0, 0.1) is 0 Å². The van der Waals surface area contributed by atoms with E-state index in [1.807, 2.05) is 36.4 Å². The van der Waals surface area contributed by atoms with Crippen molar-refractivity contribution >= 4 is 22.0 Å². The summed E-state index contributed by atoms with van der Waals surface area (Å²) < 4.78 is 47.4. The topological polar surface area (TPSA) is 136 Å². The Balaban J connectivity index is 2.03. The number of ether oxygens (including phenoxy) is 3. The molecule has 0 radical (unpaired) electrons. The molecule has 3 aromatic carbocycles. The number of hydrogen-bond donors (Lipinski definition) is 2. The fourth-order valence-electron chi connectivity index (χ4n) is 4.02. The molecule has 0 atom stereocenters. The zero-order chi connectivity index (χ0) is 29.6. The quantitative estimate of drug-likeness (QED) is 0.268. The zero-order valence-electron chi connectivity index (χ0n) is 22.6. The first-order valence-electron chi connectivity index (χ1n) is 12.4. The van der Waals surface area contributed by atoms with Crippen LogP contribution in [-0.4, -0.2) is 56.2 Å². The fourth-order valence-corrected chi connectivity index (χ4v) is 5.18. The van der Waals surface area contributed by atoms with Crippen LogP contribution in [0.5, 0.6) is 17.2 Å². The number of aromatic nitrogens is 1. The van der Waals surface area contributed by atoms with Gasteiger partial charge in [-0.3, -0.25) is 9.36 Å². The van der Waals surface area contributed by atoms with Crippen molar-refractivity contribution in [2.24, 2.45) is 0 Å². The average Bonchev–Trinajstić information content (AvgIpc) is 3.29. The average molecular weight is 580 g/mol. The lowest BCUT2D eigenvalue weighted by atomic mass is 10.2. The first-order chi connectivity index (χ1) is 19.6. The summed E-state index contributed by atoms with van der Waals surface area (Å²) in [6.07, 6.45) is -1.81. The third-order valence-corrected chi connectivity index (χ3v) is 7.23. The van der Waals surface area contributed by atoms with Crippen LogP contribution in [0.2, 0.25) is 0 Å². The molecule has 0 aliphatic rings. The van der Waals surface area contributed by atoms with Crippen molar-refractivity contribution in [1.29, 1.82) is 0 Å². The lowest BCUT2D eigenvalue weighted by Crippen LogP contribution is -2.32. The van der Waals surface area contributed by atoms with Gasteiger partial charge in [-0.05, 0) is 35.4 Å². The van der Waals surface area contributed by atoms with Gasteiger partial charge in [0.2, 0.25) is 10.8 Å². The monoisotopic (exact) mass is 579 g/mol. The Morgan fingerprint density at radius 1 is 0.829 bits per heavy atom. The highest BCUT2D eigenvalue weighted by Crippen LogP contribution is 2.44. The number of sulfonamides is 1. The lowest BCUT2D eigenvalue weighted by molar-refractivity contribution is 0.0813. The molecule has 0 spiro atoms. The van der Waals surface area contributed by atoms with E-state index in [-0.39, 0.29) is 36.1 Å². The number of nitrogens with one attached hydrogen (secondary N) is 1. The summed E-state index contributed by atoms with van der Waals surface area (Å²) in [5, 5.41) is 8.78. The molecule has 2 N–H and O–H groups in total. The zero-order valence-corrected chi connectivity index (χ0v) is 23.4. The summed E-state index contributed by atoms with van der Waals surface area (Å²) in [5.74, 6) is -0.606. The van der Waals surface area contributed by atoms with E-state index in [4.69, 9.17) is 14.2 Å². The first-order valence-corrected chi connectivity index (χ1v) is 13.8. The van der Waals surface area contributed by atoms with Gasteiger partial charge in [-0.1, -0.05) is 60.7 Å². The molecule has 0 aliphatic heterocycles. The first kappa shape index (κ1) is 29.0. The van der Waals surface area contributed by atoms with Gasteiger partial charge in [-0.25, -0.2) is 9.52 Å². The van der Waals surface area contributed by atoms with Crippen LogP contribution in [0.15, 0.2) is 90.0 Å². The fraction of sp³-hybridized carbons (Fsp3) is 0.172. The number of benzene rings is 3. The van der Waals surface area contributed by atoms with Gasteiger partial charge in [0, 0.05) is 19.8 Å². The molecule has 2 amide bonds. The van der Waals surface area contributed by atoms with Crippen molar-refractivity contribution in [2.45, 2.75) is 18.2 Å². The summed E-state index contributed by atoms with van der Waals surface area (Å²) in [5.41, 5.74) is 1.49. The molecule has 0 fully saturated rings. The van der Waals surface area contributed by atoms with Crippen LogP contribution in [-0.2, 0) is 23.2 Å². The third kappa shape index (κ3) is 6.61. The second-order valence-electron chi connectivity index (χ2n) is 9.00. The highest BCUT2D eigenvalue weighted by atomic mass is 32.2. The third-order valence-electron chi connectivity index (χ3n) is 5.91. The summed E-state index contributed by atoms with van der Waals surface area (Å²) in [7, 11) is -0.345. The second kappa shape index (κ2) is 12.5. The number of carbonyl (C=O) groups is 2. The summed E-state index contributed by atoms with van der Waals surface area (Å²) in [4.78, 5) is 26.5. The number of nitrogens with zero attached hydrogens (tertiary/aromatic N) is 2. The Morgan fingerprint density at radius 2 is 1.34 bits per heavy atom. The molecule has 1 aromatic heterocycles. The standard InChI is InChI=1S/C29H29N3O8S/c1-31(2)27(33)24-25(39-18-20-10-6-4-7-11-20)26(40-19-21-12-8-5-9-13-21)28(41(36,37)30-29(34)35)32(24)22-14-16-23(38-3)17-15-22/h4-17,30H,18-19H2,1-3H3,(H,34,35). The molecule has 0 saturated heterocycles. The van der Waals surface area contributed by atoms with Gasteiger partial charge < -0.3 is 24.2 Å². The molecule has 11 nitrogen and oxygen atoms in total. The predicted octanol–water partition coefficient (Wildman–Crippen LogP) is 4.30. The van der Waals surface area contributed by atoms with E-state index in [0.717, 1.165) is 10.1 Å². The maximum absolute atomic E-state index is 13.7. The number of methoxy groups -OCH3 is 1. The highest BCUT2D eigenvalue weighted by Gasteiger charge is 2.39. The van der Waals surface area contributed by atoms with Gasteiger partial charge >= 0.3 is 6.09 Å².